The summed E-state index contributed by atoms with van der Waals surface area (Å²) in [7, 11) is 0. The van der Waals surface area contributed by atoms with E-state index in [0.29, 0.717) is 15.7 Å². The van der Waals surface area contributed by atoms with Crippen molar-refractivity contribution in [3.63, 3.8) is 0 Å². The van der Waals surface area contributed by atoms with Crippen molar-refractivity contribution in [1.29, 1.82) is 0 Å². The van der Waals surface area contributed by atoms with E-state index in [9.17, 15) is 4.79 Å². The van der Waals surface area contributed by atoms with Crippen LogP contribution in [0.15, 0.2) is 46.9 Å². The molecule has 0 unspecified atom stereocenters. The molecule has 2 aromatic carbocycles. The fraction of sp³-hybridized carbons (Fsp3) is 0.0667. The predicted molar refractivity (Wildman–Crippen MR) is 93.8 cm³/mol. The monoisotopic (exact) mass is 382 g/mol. The summed E-state index contributed by atoms with van der Waals surface area (Å²) in [5, 5.41) is 3.40. The third-order valence-electron chi connectivity index (χ3n) is 2.84. The lowest BCUT2D eigenvalue weighted by Crippen LogP contribution is -2.15. The van der Waals surface area contributed by atoms with Crippen LogP contribution in [-0.2, 0) is 11.2 Å². The molecule has 0 aromatic heterocycles. The number of thiocarbonyl (C=S) groups is 1. The lowest BCUT2D eigenvalue weighted by Gasteiger charge is -2.09. The second-order valence-corrected chi connectivity index (χ2v) is 6.08. The number of hydrogen-bond donors (Lipinski definition) is 2. The Morgan fingerprint density at radius 2 is 2.00 bits per heavy atom. The molecule has 0 aliphatic heterocycles. The Balaban J connectivity index is 2.10. The highest BCUT2D eigenvalue weighted by molar-refractivity contribution is 9.10. The van der Waals surface area contributed by atoms with E-state index in [1.54, 1.807) is 24.3 Å². The SMILES string of the molecule is NC(=S)c1ccc(NC(=O)Cc2ccccc2Cl)c(Br)c1. The normalized spacial score (nSPS) is 10.2. The maximum absolute atomic E-state index is 12.1. The second-order valence-electron chi connectivity index (χ2n) is 4.38. The number of amides is 1. The van der Waals surface area contributed by atoms with Crippen molar-refractivity contribution < 1.29 is 4.79 Å². The zero-order chi connectivity index (χ0) is 15.4. The maximum atomic E-state index is 12.1. The topological polar surface area (TPSA) is 55.1 Å². The van der Waals surface area contributed by atoms with Gasteiger partial charge in [-0.3, -0.25) is 4.79 Å². The van der Waals surface area contributed by atoms with Gasteiger partial charge in [-0.2, -0.15) is 0 Å². The molecule has 2 rings (SSSR count). The van der Waals surface area contributed by atoms with Gasteiger partial charge in [-0.15, -0.1) is 0 Å². The summed E-state index contributed by atoms with van der Waals surface area (Å²) in [6.07, 6.45) is 0.211. The minimum absolute atomic E-state index is 0.146. The molecule has 21 heavy (non-hydrogen) atoms. The Labute approximate surface area is 141 Å². The Kier molecular flexibility index (Phi) is 5.33. The largest absolute Gasteiger partial charge is 0.389 e. The predicted octanol–water partition coefficient (Wildman–Crippen LogP) is 3.92. The van der Waals surface area contributed by atoms with Gasteiger partial charge in [0.2, 0.25) is 5.91 Å². The molecule has 3 N–H and O–H groups in total. The van der Waals surface area contributed by atoms with E-state index in [1.165, 1.54) is 0 Å². The first-order chi connectivity index (χ1) is 9.97. The summed E-state index contributed by atoms with van der Waals surface area (Å²) in [4.78, 5) is 12.4. The molecule has 0 atom stereocenters. The van der Waals surface area contributed by atoms with Crippen molar-refractivity contribution in [2.45, 2.75) is 6.42 Å². The lowest BCUT2D eigenvalue weighted by molar-refractivity contribution is -0.115. The van der Waals surface area contributed by atoms with Gasteiger partial charge in [0.25, 0.3) is 0 Å². The van der Waals surface area contributed by atoms with Crippen LogP contribution in [0.5, 0.6) is 0 Å². The first-order valence-corrected chi connectivity index (χ1v) is 7.68. The van der Waals surface area contributed by atoms with E-state index >= 15 is 0 Å². The fourth-order valence-electron chi connectivity index (χ4n) is 1.78. The molecule has 0 aliphatic rings. The molecule has 3 nitrogen and oxygen atoms in total. The van der Waals surface area contributed by atoms with Crippen LogP contribution in [0.4, 0.5) is 5.69 Å². The van der Waals surface area contributed by atoms with E-state index in [0.717, 1.165) is 15.6 Å². The van der Waals surface area contributed by atoms with Gasteiger partial charge in [-0.1, -0.05) is 42.0 Å². The van der Waals surface area contributed by atoms with Crippen LogP contribution in [0.3, 0.4) is 0 Å². The molecule has 0 fully saturated rings. The van der Waals surface area contributed by atoms with Crippen molar-refractivity contribution in [3.8, 4) is 0 Å². The van der Waals surface area contributed by atoms with Crippen molar-refractivity contribution in [3.05, 3.63) is 63.1 Å². The highest BCUT2D eigenvalue weighted by Gasteiger charge is 2.09. The van der Waals surface area contributed by atoms with Crippen LogP contribution in [0.1, 0.15) is 11.1 Å². The number of carbonyl (C=O) groups excluding carboxylic acids is 1. The first-order valence-electron chi connectivity index (χ1n) is 6.10. The minimum atomic E-state index is -0.146. The van der Waals surface area contributed by atoms with Crippen LogP contribution < -0.4 is 11.1 Å². The number of nitrogens with one attached hydrogen (secondary N) is 1. The highest BCUT2D eigenvalue weighted by Crippen LogP contribution is 2.24. The van der Waals surface area contributed by atoms with Gasteiger partial charge in [-0.05, 0) is 45.8 Å². The molecule has 0 spiro atoms. The Morgan fingerprint density at radius 3 is 2.62 bits per heavy atom. The summed E-state index contributed by atoms with van der Waals surface area (Å²) in [6.45, 7) is 0. The molecular formula is C15H12BrClN2OS. The van der Waals surface area contributed by atoms with Gasteiger partial charge in [0.15, 0.2) is 0 Å². The third-order valence-corrected chi connectivity index (χ3v) is 4.10. The fourth-order valence-corrected chi connectivity index (χ4v) is 2.59. The molecule has 1 amide bonds. The van der Waals surface area contributed by atoms with Gasteiger partial charge in [0.1, 0.15) is 4.99 Å². The van der Waals surface area contributed by atoms with Crippen molar-refractivity contribution in [1.82, 2.24) is 0 Å². The molecular weight excluding hydrogens is 372 g/mol. The number of rotatable bonds is 4. The molecule has 6 heteroatoms. The molecule has 0 saturated carbocycles. The summed E-state index contributed by atoms with van der Waals surface area (Å²) < 4.78 is 0.723. The van der Waals surface area contributed by atoms with Gasteiger partial charge < -0.3 is 11.1 Å². The third kappa shape index (κ3) is 4.27. The van der Waals surface area contributed by atoms with Crippen molar-refractivity contribution in [2.75, 3.05) is 5.32 Å². The van der Waals surface area contributed by atoms with Crippen LogP contribution in [-0.4, -0.2) is 10.9 Å². The van der Waals surface area contributed by atoms with E-state index in [1.807, 2.05) is 18.2 Å². The lowest BCUT2D eigenvalue weighted by atomic mass is 10.1. The van der Waals surface area contributed by atoms with Crippen LogP contribution in [0.25, 0.3) is 0 Å². The summed E-state index contributed by atoms with van der Waals surface area (Å²) in [5.41, 5.74) is 7.74. The van der Waals surface area contributed by atoms with Crippen molar-refractivity contribution >= 4 is 56.3 Å². The number of halogens is 2. The van der Waals surface area contributed by atoms with Crippen LogP contribution in [0, 0.1) is 0 Å². The van der Waals surface area contributed by atoms with E-state index in [-0.39, 0.29) is 12.3 Å². The van der Waals surface area contributed by atoms with E-state index < -0.39 is 0 Å². The summed E-state index contributed by atoms with van der Waals surface area (Å²) in [5.74, 6) is -0.146. The van der Waals surface area contributed by atoms with E-state index in [2.05, 4.69) is 21.2 Å². The number of nitrogens with two attached hydrogens (primary N) is 1. The zero-order valence-electron chi connectivity index (χ0n) is 10.9. The zero-order valence-corrected chi connectivity index (χ0v) is 14.1. The highest BCUT2D eigenvalue weighted by atomic mass is 79.9. The molecule has 2 aromatic rings. The van der Waals surface area contributed by atoms with Gasteiger partial charge in [0, 0.05) is 15.1 Å². The van der Waals surface area contributed by atoms with Crippen LogP contribution >= 0.6 is 39.7 Å². The molecule has 0 radical (unpaired) electrons. The van der Waals surface area contributed by atoms with Crippen LogP contribution in [0.2, 0.25) is 5.02 Å². The smallest absolute Gasteiger partial charge is 0.228 e. The molecule has 0 saturated heterocycles. The molecule has 108 valence electrons. The average Bonchev–Trinajstić information content (AvgIpc) is 2.43. The minimum Gasteiger partial charge on any atom is -0.389 e. The number of benzene rings is 2. The first kappa shape index (κ1) is 15.9. The quantitative estimate of drug-likeness (QED) is 0.787. The van der Waals surface area contributed by atoms with Crippen molar-refractivity contribution in [2.24, 2.45) is 5.73 Å². The Hall–Kier alpha value is -1.43. The second kappa shape index (κ2) is 7.02. The average molecular weight is 384 g/mol. The van der Waals surface area contributed by atoms with E-state index in [4.69, 9.17) is 29.6 Å². The summed E-state index contributed by atoms with van der Waals surface area (Å²) >= 11 is 14.3. The number of anilines is 1. The molecule has 0 bridgehead atoms. The maximum Gasteiger partial charge on any atom is 0.228 e. The number of hydrogen-bond acceptors (Lipinski definition) is 2. The standard InChI is InChI=1S/C15H12BrClN2OS/c16-11-7-10(15(18)21)5-6-13(11)19-14(20)8-9-3-1-2-4-12(9)17/h1-7H,8H2,(H2,18,21)(H,19,20). The molecule has 0 aliphatic carbocycles. The molecule has 0 heterocycles. The van der Waals surface area contributed by atoms with Gasteiger partial charge in [0.05, 0.1) is 12.1 Å². The van der Waals surface area contributed by atoms with Gasteiger partial charge in [-0.25, -0.2) is 0 Å². The summed E-state index contributed by atoms with van der Waals surface area (Å²) in [6, 6.07) is 12.6. The Morgan fingerprint density at radius 1 is 1.29 bits per heavy atom. The Bertz CT molecular complexity index is 706. The number of carbonyl (C=O) groups is 1. The van der Waals surface area contributed by atoms with Gasteiger partial charge >= 0.3 is 0 Å².